The minimum absolute atomic E-state index is 0.00891. The number of carbonyl (C=O) groups excluding carboxylic acids is 2. The quantitative estimate of drug-likeness (QED) is 0.604. The van der Waals surface area contributed by atoms with Crippen LogP contribution in [-0.4, -0.2) is 17.7 Å². The maximum absolute atomic E-state index is 13.8. The smallest absolute Gasteiger partial charge is 0.220 e. The Hall–Kier alpha value is -0.930. The van der Waals surface area contributed by atoms with Gasteiger partial charge in [-0.25, -0.2) is 4.39 Å². The zero-order valence-electron chi connectivity index (χ0n) is 10.0. The molecule has 1 aromatic rings. The molecule has 0 aliphatic rings. The van der Waals surface area contributed by atoms with Gasteiger partial charge in [0, 0.05) is 6.42 Å². The Labute approximate surface area is 115 Å². The molecule has 18 heavy (non-hydrogen) atoms. The molecule has 0 bridgehead atoms. The molecule has 0 saturated heterocycles. The summed E-state index contributed by atoms with van der Waals surface area (Å²) < 4.78 is 13.8. The first-order chi connectivity index (χ1) is 8.34. The third kappa shape index (κ3) is 3.53. The van der Waals surface area contributed by atoms with Crippen LogP contribution < -0.4 is 0 Å². The van der Waals surface area contributed by atoms with Gasteiger partial charge in [0.2, 0.25) is 12.0 Å². The lowest BCUT2D eigenvalue weighted by molar-refractivity contribution is -0.122. The SMILES string of the molecule is CC(C)CC(=O)C(F)C(=O)c1c(Cl)cccc1Cl. The van der Waals surface area contributed by atoms with Crippen LogP contribution in [0.4, 0.5) is 4.39 Å². The van der Waals surface area contributed by atoms with E-state index in [1.165, 1.54) is 12.1 Å². The second kappa shape index (κ2) is 6.30. The van der Waals surface area contributed by atoms with Crippen molar-refractivity contribution in [2.45, 2.75) is 26.4 Å². The molecule has 0 radical (unpaired) electrons. The van der Waals surface area contributed by atoms with Crippen LogP contribution in [0.1, 0.15) is 30.6 Å². The van der Waals surface area contributed by atoms with Gasteiger partial charge in [-0.1, -0.05) is 43.1 Å². The zero-order valence-corrected chi connectivity index (χ0v) is 11.6. The predicted octanol–water partition coefficient (Wildman–Crippen LogP) is 4.13. The molecule has 0 fully saturated rings. The number of Topliss-reactive ketones (excluding diaryl/α,β-unsaturated/α-hetero) is 2. The van der Waals surface area contributed by atoms with E-state index in [0.29, 0.717) is 0 Å². The summed E-state index contributed by atoms with van der Waals surface area (Å²) in [5.41, 5.74) is -0.134. The van der Waals surface area contributed by atoms with E-state index in [4.69, 9.17) is 23.2 Å². The van der Waals surface area contributed by atoms with Crippen molar-refractivity contribution >= 4 is 34.8 Å². The summed E-state index contributed by atoms with van der Waals surface area (Å²) in [7, 11) is 0. The molecule has 0 saturated carbocycles. The van der Waals surface area contributed by atoms with Gasteiger partial charge in [0.1, 0.15) is 0 Å². The fourth-order valence-corrected chi connectivity index (χ4v) is 2.10. The van der Waals surface area contributed by atoms with Crippen LogP contribution in [-0.2, 0) is 4.79 Å². The number of ketones is 2. The predicted molar refractivity (Wildman–Crippen MR) is 70.2 cm³/mol. The van der Waals surface area contributed by atoms with Crippen molar-refractivity contribution in [1.29, 1.82) is 0 Å². The van der Waals surface area contributed by atoms with Gasteiger partial charge in [-0.05, 0) is 18.1 Å². The average Bonchev–Trinajstić information content (AvgIpc) is 2.26. The summed E-state index contributed by atoms with van der Waals surface area (Å²) in [4.78, 5) is 23.4. The van der Waals surface area contributed by atoms with Gasteiger partial charge in [-0.2, -0.15) is 0 Å². The number of alkyl halides is 1. The molecule has 0 N–H and O–H groups in total. The first-order valence-corrected chi connectivity index (χ1v) is 6.25. The molecule has 5 heteroatoms. The van der Waals surface area contributed by atoms with Gasteiger partial charge in [0.05, 0.1) is 15.6 Å². The Bertz CT molecular complexity index is 452. The number of halogens is 3. The highest BCUT2D eigenvalue weighted by molar-refractivity contribution is 6.40. The van der Waals surface area contributed by atoms with Crippen LogP contribution in [0.15, 0.2) is 18.2 Å². The second-order valence-corrected chi connectivity index (χ2v) is 5.20. The lowest BCUT2D eigenvalue weighted by Crippen LogP contribution is -2.27. The molecule has 2 nitrogen and oxygen atoms in total. The highest BCUT2D eigenvalue weighted by atomic mass is 35.5. The Balaban J connectivity index is 2.97. The first-order valence-electron chi connectivity index (χ1n) is 5.49. The Morgan fingerprint density at radius 3 is 2.17 bits per heavy atom. The number of carbonyl (C=O) groups is 2. The largest absolute Gasteiger partial charge is 0.296 e. The third-order valence-corrected chi connectivity index (χ3v) is 2.96. The highest BCUT2D eigenvalue weighted by Crippen LogP contribution is 2.26. The summed E-state index contributed by atoms with van der Waals surface area (Å²) in [6.45, 7) is 3.55. The summed E-state index contributed by atoms with van der Waals surface area (Å²) in [6, 6.07) is 4.41. The lowest BCUT2D eigenvalue weighted by Gasteiger charge is -2.10. The van der Waals surface area contributed by atoms with Crippen molar-refractivity contribution < 1.29 is 14.0 Å². The van der Waals surface area contributed by atoms with E-state index in [0.717, 1.165) is 0 Å². The molecule has 0 amide bonds. The van der Waals surface area contributed by atoms with E-state index in [2.05, 4.69) is 0 Å². The molecule has 0 aliphatic heterocycles. The van der Waals surface area contributed by atoms with Crippen molar-refractivity contribution in [1.82, 2.24) is 0 Å². The fraction of sp³-hybridized carbons (Fsp3) is 0.385. The van der Waals surface area contributed by atoms with Gasteiger partial charge in [-0.15, -0.1) is 0 Å². The molecular weight excluding hydrogens is 278 g/mol. The summed E-state index contributed by atoms with van der Waals surface area (Å²) in [6.07, 6.45) is -2.19. The molecule has 1 rings (SSSR count). The van der Waals surface area contributed by atoms with Gasteiger partial charge in [0.15, 0.2) is 5.78 Å². The Kier molecular flexibility index (Phi) is 5.29. The molecule has 0 aliphatic carbocycles. The number of hydrogen-bond donors (Lipinski definition) is 0. The molecule has 1 unspecified atom stereocenters. The third-order valence-electron chi connectivity index (χ3n) is 2.33. The Morgan fingerprint density at radius 1 is 1.22 bits per heavy atom. The zero-order chi connectivity index (χ0) is 13.9. The van der Waals surface area contributed by atoms with Crippen LogP contribution in [0.25, 0.3) is 0 Å². The van der Waals surface area contributed by atoms with Crippen molar-refractivity contribution in [2.24, 2.45) is 5.92 Å². The lowest BCUT2D eigenvalue weighted by atomic mass is 9.98. The molecule has 1 atom stereocenters. The van der Waals surface area contributed by atoms with Gasteiger partial charge in [0.25, 0.3) is 0 Å². The van der Waals surface area contributed by atoms with Crippen LogP contribution in [0.3, 0.4) is 0 Å². The number of rotatable bonds is 5. The van der Waals surface area contributed by atoms with E-state index in [-0.39, 0.29) is 27.9 Å². The molecular formula is C13H13Cl2FO2. The van der Waals surface area contributed by atoms with E-state index < -0.39 is 17.7 Å². The van der Waals surface area contributed by atoms with Crippen molar-refractivity contribution in [3.8, 4) is 0 Å². The summed E-state index contributed by atoms with van der Waals surface area (Å²) in [5, 5.41) is 0.0972. The van der Waals surface area contributed by atoms with E-state index in [9.17, 15) is 14.0 Å². The molecule has 0 aromatic heterocycles. The minimum Gasteiger partial charge on any atom is -0.296 e. The Morgan fingerprint density at radius 2 is 1.72 bits per heavy atom. The molecule has 0 heterocycles. The van der Waals surface area contributed by atoms with Gasteiger partial charge >= 0.3 is 0 Å². The van der Waals surface area contributed by atoms with Crippen molar-refractivity contribution in [3.63, 3.8) is 0 Å². The fourth-order valence-electron chi connectivity index (χ4n) is 1.51. The van der Waals surface area contributed by atoms with Crippen LogP contribution in [0.5, 0.6) is 0 Å². The normalized spacial score (nSPS) is 12.6. The summed E-state index contributed by atoms with van der Waals surface area (Å²) in [5.74, 6) is -1.73. The minimum atomic E-state index is -2.20. The highest BCUT2D eigenvalue weighted by Gasteiger charge is 2.30. The first kappa shape index (κ1) is 15.1. The van der Waals surface area contributed by atoms with Crippen LogP contribution in [0, 0.1) is 5.92 Å². The second-order valence-electron chi connectivity index (χ2n) is 4.39. The molecule has 0 spiro atoms. The molecule has 1 aromatic carbocycles. The average molecular weight is 291 g/mol. The maximum atomic E-state index is 13.8. The standard InChI is InChI=1S/C13H13Cl2FO2/c1-7(2)6-10(17)12(16)13(18)11-8(14)4-3-5-9(11)15/h3-5,7,12H,6H2,1-2H3. The van der Waals surface area contributed by atoms with E-state index >= 15 is 0 Å². The monoisotopic (exact) mass is 290 g/mol. The van der Waals surface area contributed by atoms with E-state index in [1.54, 1.807) is 19.9 Å². The van der Waals surface area contributed by atoms with Crippen molar-refractivity contribution in [3.05, 3.63) is 33.8 Å². The summed E-state index contributed by atoms with van der Waals surface area (Å²) >= 11 is 11.6. The van der Waals surface area contributed by atoms with Gasteiger partial charge < -0.3 is 0 Å². The number of hydrogen-bond acceptors (Lipinski definition) is 2. The van der Waals surface area contributed by atoms with E-state index in [1.807, 2.05) is 0 Å². The molecule has 98 valence electrons. The maximum Gasteiger partial charge on any atom is 0.220 e. The van der Waals surface area contributed by atoms with Crippen LogP contribution in [0.2, 0.25) is 10.0 Å². The van der Waals surface area contributed by atoms with Crippen LogP contribution >= 0.6 is 23.2 Å². The van der Waals surface area contributed by atoms with Crippen molar-refractivity contribution in [2.75, 3.05) is 0 Å². The number of benzene rings is 1. The topological polar surface area (TPSA) is 34.1 Å². The van der Waals surface area contributed by atoms with Gasteiger partial charge in [-0.3, -0.25) is 9.59 Å².